The SMILES string of the molecule is N#Cc1cc(-c2ccccc2)cc(-c2cc(-n3c4ccccc4c4cc5c(cc43)c3ccccc3n5-c3ccccc3)c(C#N)c(-n3c4ccccc4c4c3ccc3c5ccccc5n(-c5ccccc5)c34)c2)c1. The molecule has 6 nitrogen and oxygen atoms in total. The molecule has 15 aromatic rings. The summed E-state index contributed by atoms with van der Waals surface area (Å²) in [6.07, 6.45) is 0. The van der Waals surface area contributed by atoms with Gasteiger partial charge in [0.15, 0.2) is 0 Å². The lowest BCUT2D eigenvalue weighted by Crippen LogP contribution is -2.05. The Hall–Kier alpha value is -10.4. The minimum Gasteiger partial charge on any atom is -0.309 e. The Bertz CT molecular complexity index is 4900. The van der Waals surface area contributed by atoms with Crippen LogP contribution in [0, 0.1) is 22.7 Å². The van der Waals surface area contributed by atoms with E-state index >= 15 is 0 Å². The zero-order valence-corrected chi connectivity index (χ0v) is 39.8. The summed E-state index contributed by atoms with van der Waals surface area (Å²) in [5.74, 6) is 0. The molecule has 0 atom stereocenters. The summed E-state index contributed by atoms with van der Waals surface area (Å²) in [4.78, 5) is 0. The van der Waals surface area contributed by atoms with E-state index in [0.717, 1.165) is 127 Å². The molecule has 0 N–H and O–H groups in total. The van der Waals surface area contributed by atoms with Crippen LogP contribution in [0.15, 0.2) is 243 Å². The smallest absolute Gasteiger partial charge is 0.104 e. The second kappa shape index (κ2) is 16.1. The first-order valence-corrected chi connectivity index (χ1v) is 24.9. The Morgan fingerprint density at radius 1 is 0.270 bits per heavy atom. The lowest BCUT2D eigenvalue weighted by atomic mass is 9.94. The lowest BCUT2D eigenvalue weighted by Gasteiger charge is -2.19. The number of nitrogens with zero attached hydrogens (tertiary/aromatic N) is 6. The van der Waals surface area contributed by atoms with Crippen LogP contribution in [0.5, 0.6) is 0 Å². The molecule has 0 unspecified atom stereocenters. The highest BCUT2D eigenvalue weighted by Crippen LogP contribution is 2.46. The molecule has 0 fully saturated rings. The van der Waals surface area contributed by atoms with Crippen LogP contribution < -0.4 is 0 Å². The largest absolute Gasteiger partial charge is 0.309 e. The maximum atomic E-state index is 12.0. The first-order chi connectivity index (χ1) is 36.6. The first-order valence-electron chi connectivity index (χ1n) is 24.9. The van der Waals surface area contributed by atoms with Gasteiger partial charge in [-0.2, -0.15) is 10.5 Å². The van der Waals surface area contributed by atoms with Crippen molar-refractivity contribution in [3.63, 3.8) is 0 Å². The van der Waals surface area contributed by atoms with E-state index in [1.807, 2.05) is 30.3 Å². The summed E-state index contributed by atoms with van der Waals surface area (Å²) in [6.45, 7) is 0. The van der Waals surface area contributed by atoms with E-state index in [9.17, 15) is 10.5 Å². The van der Waals surface area contributed by atoms with Crippen LogP contribution in [0.1, 0.15) is 11.1 Å². The highest BCUT2D eigenvalue weighted by Gasteiger charge is 2.26. The van der Waals surface area contributed by atoms with Crippen LogP contribution in [-0.4, -0.2) is 18.3 Å². The Balaban J connectivity index is 1.10. The Labute approximate surface area is 424 Å². The molecule has 0 bridgehead atoms. The van der Waals surface area contributed by atoms with E-state index in [0.29, 0.717) is 11.1 Å². The normalized spacial score (nSPS) is 11.8. The molecule has 0 aliphatic carbocycles. The van der Waals surface area contributed by atoms with Crippen molar-refractivity contribution >= 4 is 87.2 Å². The van der Waals surface area contributed by atoms with Gasteiger partial charge in [0.25, 0.3) is 0 Å². The van der Waals surface area contributed by atoms with Gasteiger partial charge < -0.3 is 18.3 Å². The van der Waals surface area contributed by atoms with Crippen molar-refractivity contribution in [2.24, 2.45) is 0 Å². The fourth-order valence-corrected chi connectivity index (χ4v) is 12.1. The topological polar surface area (TPSA) is 67.3 Å². The highest BCUT2D eigenvalue weighted by atomic mass is 15.0. The van der Waals surface area contributed by atoms with Crippen molar-refractivity contribution in [1.82, 2.24) is 18.3 Å². The number of para-hydroxylation sites is 6. The molecule has 4 heterocycles. The van der Waals surface area contributed by atoms with Crippen molar-refractivity contribution in [2.45, 2.75) is 0 Å². The van der Waals surface area contributed by atoms with Gasteiger partial charge in [0, 0.05) is 54.5 Å². The molecule has 4 aromatic heterocycles. The second-order valence-electron chi connectivity index (χ2n) is 19.1. The second-order valence-corrected chi connectivity index (χ2v) is 19.1. The molecule has 0 amide bonds. The number of fused-ring (bicyclic) bond motifs is 13. The molecule has 0 aliphatic heterocycles. The molecule has 0 spiro atoms. The lowest BCUT2D eigenvalue weighted by molar-refractivity contribution is 1.12. The van der Waals surface area contributed by atoms with Gasteiger partial charge in [-0.25, -0.2) is 0 Å². The van der Waals surface area contributed by atoms with E-state index in [4.69, 9.17) is 0 Å². The fourth-order valence-electron chi connectivity index (χ4n) is 12.1. The molecule has 342 valence electrons. The number of rotatable bonds is 6. The van der Waals surface area contributed by atoms with Gasteiger partial charge in [-0.15, -0.1) is 0 Å². The molecular formula is C68H40N6. The molecule has 0 saturated heterocycles. The molecule has 6 heteroatoms. The van der Waals surface area contributed by atoms with Crippen LogP contribution in [-0.2, 0) is 0 Å². The summed E-state index contributed by atoms with van der Waals surface area (Å²) in [5.41, 5.74) is 16.8. The molecule has 0 radical (unpaired) electrons. The zero-order chi connectivity index (χ0) is 49.0. The molecule has 0 aliphatic rings. The van der Waals surface area contributed by atoms with Crippen LogP contribution >= 0.6 is 0 Å². The van der Waals surface area contributed by atoms with E-state index in [1.54, 1.807) is 0 Å². The van der Waals surface area contributed by atoms with Crippen LogP contribution in [0.25, 0.3) is 132 Å². The summed E-state index contributed by atoms with van der Waals surface area (Å²) in [6, 6.07) is 90.6. The van der Waals surface area contributed by atoms with E-state index in [1.165, 1.54) is 5.39 Å². The average molecular weight is 941 g/mol. The van der Waals surface area contributed by atoms with Crippen LogP contribution in [0.4, 0.5) is 0 Å². The summed E-state index contributed by atoms with van der Waals surface area (Å²) in [7, 11) is 0. The van der Waals surface area contributed by atoms with Gasteiger partial charge in [-0.1, -0.05) is 146 Å². The van der Waals surface area contributed by atoms with Gasteiger partial charge in [0.05, 0.1) is 67.1 Å². The highest BCUT2D eigenvalue weighted by molar-refractivity contribution is 6.26. The maximum Gasteiger partial charge on any atom is 0.104 e. The van der Waals surface area contributed by atoms with Crippen molar-refractivity contribution in [2.75, 3.05) is 0 Å². The third-order valence-corrected chi connectivity index (χ3v) is 15.2. The minimum absolute atomic E-state index is 0.522. The van der Waals surface area contributed by atoms with Crippen molar-refractivity contribution in [1.29, 1.82) is 10.5 Å². The quantitative estimate of drug-likeness (QED) is 0.167. The van der Waals surface area contributed by atoms with Crippen molar-refractivity contribution in [3.05, 3.63) is 254 Å². The Morgan fingerprint density at radius 2 is 0.703 bits per heavy atom. The number of hydrogen-bond acceptors (Lipinski definition) is 2. The standard InChI is InChI=1S/C68H40N6/c69-41-43-34-45(44-18-4-1-5-19-44)36-46(35-43)47-37-63(73-61-31-17-13-27-54(61)67-62(73)33-32-53-50-24-10-15-29-59(50)72(68(53)67)49-22-8-3-9-23-49)57(42-70)64(38-47)74-60-30-16-12-26-52(60)56-39-65-55(40-66(56)74)51-25-11-14-28-58(51)71(65)48-20-6-2-7-21-48/h1-40H. The summed E-state index contributed by atoms with van der Waals surface area (Å²) in [5, 5.41) is 31.5. The zero-order valence-electron chi connectivity index (χ0n) is 39.8. The number of benzene rings is 11. The van der Waals surface area contributed by atoms with E-state index < -0.39 is 0 Å². The summed E-state index contributed by atoms with van der Waals surface area (Å²) >= 11 is 0. The van der Waals surface area contributed by atoms with Gasteiger partial charge >= 0.3 is 0 Å². The minimum atomic E-state index is 0.522. The number of nitriles is 2. The average Bonchev–Trinajstić information content (AvgIpc) is 4.25. The number of hydrogen-bond donors (Lipinski definition) is 0. The molecular weight excluding hydrogens is 901 g/mol. The van der Waals surface area contributed by atoms with E-state index in [-0.39, 0.29) is 0 Å². The van der Waals surface area contributed by atoms with Gasteiger partial charge in [0.1, 0.15) is 11.6 Å². The van der Waals surface area contributed by atoms with Gasteiger partial charge in [-0.3, -0.25) is 0 Å². The Kier molecular flexibility index (Phi) is 8.99. The van der Waals surface area contributed by atoms with Crippen LogP contribution in [0.2, 0.25) is 0 Å². The fraction of sp³-hybridized carbons (Fsp3) is 0. The summed E-state index contributed by atoms with van der Waals surface area (Å²) < 4.78 is 9.35. The van der Waals surface area contributed by atoms with Gasteiger partial charge in [0.2, 0.25) is 0 Å². The molecule has 74 heavy (non-hydrogen) atoms. The van der Waals surface area contributed by atoms with Gasteiger partial charge in [-0.05, 0) is 119 Å². The Morgan fingerprint density at radius 3 is 1.28 bits per heavy atom. The predicted octanol–water partition coefficient (Wildman–Crippen LogP) is 17.2. The number of aromatic nitrogens is 4. The first kappa shape index (κ1) is 41.4. The predicted molar refractivity (Wildman–Crippen MR) is 304 cm³/mol. The van der Waals surface area contributed by atoms with Crippen LogP contribution in [0.3, 0.4) is 0 Å². The molecule has 15 rings (SSSR count). The third-order valence-electron chi connectivity index (χ3n) is 15.2. The van der Waals surface area contributed by atoms with E-state index in [2.05, 4.69) is 243 Å². The van der Waals surface area contributed by atoms with Crippen molar-refractivity contribution < 1.29 is 0 Å². The molecule has 11 aromatic carbocycles. The maximum absolute atomic E-state index is 12.0. The molecule has 0 saturated carbocycles. The van der Waals surface area contributed by atoms with Crippen molar-refractivity contribution in [3.8, 4) is 57.1 Å². The monoisotopic (exact) mass is 940 g/mol. The third kappa shape index (κ3) is 5.97.